The molecule has 1 aliphatic rings. The number of benzene rings is 1. The van der Waals surface area contributed by atoms with Crippen LogP contribution in [0.4, 0.5) is 0 Å². The molecule has 1 fully saturated rings. The lowest BCUT2D eigenvalue weighted by Gasteiger charge is -2.35. The van der Waals surface area contributed by atoms with Crippen LogP contribution >= 0.6 is 0 Å². The highest BCUT2D eigenvalue weighted by atomic mass is 16.5. The van der Waals surface area contributed by atoms with Crippen LogP contribution in [0.25, 0.3) is 0 Å². The first kappa shape index (κ1) is 17.4. The van der Waals surface area contributed by atoms with Crippen LogP contribution in [0.15, 0.2) is 24.3 Å². The average Bonchev–Trinajstić information content (AvgIpc) is 2.94. The Morgan fingerprint density at radius 2 is 2.20 bits per heavy atom. The molecule has 1 saturated heterocycles. The molecule has 25 heavy (non-hydrogen) atoms. The number of hydrogen-bond acceptors (Lipinski definition) is 5. The van der Waals surface area contributed by atoms with E-state index < -0.39 is 0 Å². The number of piperidine rings is 1. The van der Waals surface area contributed by atoms with Crippen molar-refractivity contribution >= 4 is 0 Å². The molecule has 3 rings (SSSR count). The van der Waals surface area contributed by atoms with Crippen LogP contribution in [-0.4, -0.2) is 45.4 Å². The van der Waals surface area contributed by atoms with E-state index in [-0.39, 0.29) is 0 Å². The van der Waals surface area contributed by atoms with Gasteiger partial charge < -0.3 is 4.74 Å². The number of aryl methyl sites for hydroxylation is 2. The fourth-order valence-corrected chi connectivity index (χ4v) is 3.43. The van der Waals surface area contributed by atoms with E-state index >= 15 is 0 Å². The van der Waals surface area contributed by atoms with Crippen LogP contribution in [0.5, 0.6) is 5.75 Å². The summed E-state index contributed by atoms with van der Waals surface area (Å²) in [5.41, 5.74) is 0.630. The summed E-state index contributed by atoms with van der Waals surface area (Å²) in [4.78, 5) is 6.90. The number of nitrogens with zero attached hydrogens (tertiary/aromatic N) is 5. The Morgan fingerprint density at radius 3 is 2.96 bits per heavy atom. The Labute approximate surface area is 149 Å². The highest BCUT2D eigenvalue weighted by molar-refractivity contribution is 5.36. The second-order valence-electron chi connectivity index (χ2n) is 6.56. The molecule has 0 aliphatic carbocycles. The SMILES string of the molecule is Cc1nc(C)n(C[C@H]2CCCCN2CCOc2cccc(C#N)c2)n1. The lowest BCUT2D eigenvalue weighted by molar-refractivity contribution is 0.108. The lowest BCUT2D eigenvalue weighted by atomic mass is 10.0. The molecule has 0 unspecified atom stereocenters. The molecule has 132 valence electrons. The van der Waals surface area contributed by atoms with Crippen LogP contribution in [0.3, 0.4) is 0 Å². The van der Waals surface area contributed by atoms with E-state index in [0.29, 0.717) is 18.2 Å². The van der Waals surface area contributed by atoms with E-state index in [4.69, 9.17) is 10.00 Å². The minimum atomic E-state index is 0.475. The molecule has 0 saturated carbocycles. The number of nitriles is 1. The van der Waals surface area contributed by atoms with Crippen molar-refractivity contribution in [2.75, 3.05) is 19.7 Å². The molecule has 0 radical (unpaired) electrons. The summed E-state index contributed by atoms with van der Waals surface area (Å²) in [5.74, 6) is 2.57. The molecule has 0 spiro atoms. The molecule has 6 nitrogen and oxygen atoms in total. The zero-order valence-corrected chi connectivity index (χ0v) is 15.0. The predicted octanol–water partition coefficient (Wildman–Crippen LogP) is 2.70. The third-order valence-electron chi connectivity index (χ3n) is 4.71. The minimum Gasteiger partial charge on any atom is -0.492 e. The van der Waals surface area contributed by atoms with Gasteiger partial charge in [-0.2, -0.15) is 10.4 Å². The molecule has 1 aromatic carbocycles. The van der Waals surface area contributed by atoms with Crippen molar-refractivity contribution in [2.24, 2.45) is 0 Å². The zero-order valence-electron chi connectivity index (χ0n) is 15.0. The van der Waals surface area contributed by atoms with E-state index in [0.717, 1.165) is 37.0 Å². The van der Waals surface area contributed by atoms with Crippen molar-refractivity contribution in [1.82, 2.24) is 19.7 Å². The molecule has 1 aromatic heterocycles. The summed E-state index contributed by atoms with van der Waals surface area (Å²) in [5, 5.41) is 13.5. The monoisotopic (exact) mass is 339 g/mol. The second kappa shape index (κ2) is 8.13. The van der Waals surface area contributed by atoms with Crippen LogP contribution in [0.1, 0.15) is 36.5 Å². The fraction of sp³-hybridized carbons (Fsp3) is 0.526. The molecule has 0 bridgehead atoms. The summed E-state index contributed by atoms with van der Waals surface area (Å²) in [6.07, 6.45) is 3.68. The maximum atomic E-state index is 8.96. The molecular formula is C19H25N5O. The van der Waals surface area contributed by atoms with Crippen LogP contribution < -0.4 is 4.74 Å². The van der Waals surface area contributed by atoms with Gasteiger partial charge in [-0.15, -0.1) is 0 Å². The van der Waals surface area contributed by atoms with Crippen molar-refractivity contribution in [3.05, 3.63) is 41.5 Å². The van der Waals surface area contributed by atoms with Crippen molar-refractivity contribution in [3.63, 3.8) is 0 Å². The van der Waals surface area contributed by atoms with Crippen LogP contribution in [0.2, 0.25) is 0 Å². The summed E-state index contributed by atoms with van der Waals surface area (Å²) < 4.78 is 7.87. The quantitative estimate of drug-likeness (QED) is 0.809. The Balaban J connectivity index is 1.56. The van der Waals surface area contributed by atoms with Gasteiger partial charge in [0, 0.05) is 12.6 Å². The van der Waals surface area contributed by atoms with Gasteiger partial charge in [0.25, 0.3) is 0 Å². The first-order valence-electron chi connectivity index (χ1n) is 8.91. The standard InChI is InChI=1S/C19H25N5O/c1-15-21-16(2)24(22-15)14-18-7-3-4-9-23(18)10-11-25-19-8-5-6-17(12-19)13-20/h5-6,8,12,18H,3-4,7,9-11,14H2,1-2H3/t18-/m1/s1. The van der Waals surface area contributed by atoms with Crippen molar-refractivity contribution < 1.29 is 4.74 Å². The van der Waals surface area contributed by atoms with E-state index in [1.54, 1.807) is 12.1 Å². The minimum absolute atomic E-state index is 0.475. The second-order valence-corrected chi connectivity index (χ2v) is 6.56. The van der Waals surface area contributed by atoms with Crippen molar-refractivity contribution in [2.45, 2.75) is 45.7 Å². The topological polar surface area (TPSA) is 67.0 Å². The molecule has 1 aliphatic heterocycles. The molecule has 2 aromatic rings. The molecule has 0 N–H and O–H groups in total. The smallest absolute Gasteiger partial charge is 0.147 e. The van der Waals surface area contributed by atoms with Gasteiger partial charge in [-0.3, -0.25) is 4.90 Å². The predicted molar refractivity (Wildman–Crippen MR) is 95.4 cm³/mol. The van der Waals surface area contributed by atoms with Crippen LogP contribution in [-0.2, 0) is 6.54 Å². The number of ether oxygens (including phenoxy) is 1. The summed E-state index contributed by atoms with van der Waals surface area (Å²) in [6.45, 7) is 7.44. The molecule has 1 atom stereocenters. The first-order valence-corrected chi connectivity index (χ1v) is 8.91. The number of rotatable bonds is 6. The Bertz CT molecular complexity index is 749. The largest absolute Gasteiger partial charge is 0.492 e. The maximum absolute atomic E-state index is 8.96. The van der Waals surface area contributed by atoms with Gasteiger partial charge in [-0.1, -0.05) is 12.5 Å². The summed E-state index contributed by atoms with van der Waals surface area (Å²) in [6, 6.07) is 9.95. The fourth-order valence-electron chi connectivity index (χ4n) is 3.43. The number of aromatic nitrogens is 3. The maximum Gasteiger partial charge on any atom is 0.147 e. The lowest BCUT2D eigenvalue weighted by Crippen LogP contribution is -2.44. The zero-order chi connectivity index (χ0) is 17.6. The number of hydrogen-bond donors (Lipinski definition) is 0. The Kier molecular flexibility index (Phi) is 5.67. The Morgan fingerprint density at radius 1 is 1.32 bits per heavy atom. The van der Waals surface area contributed by atoms with Crippen molar-refractivity contribution in [1.29, 1.82) is 5.26 Å². The van der Waals surface area contributed by atoms with Gasteiger partial charge >= 0.3 is 0 Å². The summed E-state index contributed by atoms with van der Waals surface area (Å²) >= 11 is 0. The van der Waals surface area contributed by atoms with E-state index in [1.807, 2.05) is 30.7 Å². The van der Waals surface area contributed by atoms with Crippen LogP contribution in [0, 0.1) is 25.2 Å². The van der Waals surface area contributed by atoms with E-state index in [9.17, 15) is 0 Å². The number of likely N-dealkylation sites (tertiary alicyclic amines) is 1. The average molecular weight is 339 g/mol. The molecular weight excluding hydrogens is 314 g/mol. The van der Waals surface area contributed by atoms with Gasteiger partial charge in [0.2, 0.25) is 0 Å². The van der Waals surface area contributed by atoms with Gasteiger partial charge in [0.15, 0.2) is 0 Å². The van der Waals surface area contributed by atoms with Gasteiger partial charge in [0.05, 0.1) is 18.2 Å². The van der Waals surface area contributed by atoms with Gasteiger partial charge in [-0.25, -0.2) is 9.67 Å². The van der Waals surface area contributed by atoms with Gasteiger partial charge in [-0.05, 0) is 51.4 Å². The van der Waals surface area contributed by atoms with E-state index in [2.05, 4.69) is 21.1 Å². The normalized spacial score (nSPS) is 18.0. The highest BCUT2D eigenvalue weighted by Gasteiger charge is 2.23. The third kappa shape index (κ3) is 4.58. The molecule has 2 heterocycles. The highest BCUT2D eigenvalue weighted by Crippen LogP contribution is 2.19. The first-order chi connectivity index (χ1) is 12.2. The Hall–Kier alpha value is -2.39. The molecule has 0 amide bonds. The third-order valence-corrected chi connectivity index (χ3v) is 4.71. The molecule has 6 heteroatoms. The van der Waals surface area contributed by atoms with E-state index in [1.165, 1.54) is 19.3 Å². The van der Waals surface area contributed by atoms with Crippen molar-refractivity contribution in [3.8, 4) is 11.8 Å². The van der Waals surface area contributed by atoms with Gasteiger partial charge in [0.1, 0.15) is 24.0 Å². The summed E-state index contributed by atoms with van der Waals surface area (Å²) in [7, 11) is 0.